The van der Waals surface area contributed by atoms with Crippen LogP contribution in [0.2, 0.25) is 5.02 Å². The number of carbonyl (C=O) groups excluding carboxylic acids is 1. The first kappa shape index (κ1) is 24.7. The fraction of sp³-hybridized carbons (Fsp3) is 0.261. The Kier molecular flexibility index (Phi) is 8.10. The van der Waals surface area contributed by atoms with Crippen molar-refractivity contribution in [1.82, 2.24) is 15.2 Å². The lowest BCUT2D eigenvalue weighted by molar-refractivity contribution is -0.121. The largest absolute Gasteiger partial charge is 0.493 e. The van der Waals surface area contributed by atoms with E-state index in [0.717, 1.165) is 21.4 Å². The highest BCUT2D eigenvalue weighted by molar-refractivity contribution is 9.10. The summed E-state index contributed by atoms with van der Waals surface area (Å²) in [7, 11) is 1.50. The van der Waals surface area contributed by atoms with Gasteiger partial charge in [0.05, 0.1) is 33.7 Å². The molecule has 1 heterocycles. The van der Waals surface area contributed by atoms with Crippen LogP contribution < -0.4 is 14.9 Å². The summed E-state index contributed by atoms with van der Waals surface area (Å²) < 4.78 is 27.6. The lowest BCUT2D eigenvalue weighted by atomic mass is 10.1. The topological polar surface area (TPSA) is 77.7 Å². The zero-order valence-electron chi connectivity index (χ0n) is 18.6. The summed E-state index contributed by atoms with van der Waals surface area (Å²) in [6.45, 7) is 5.49. The zero-order valence-corrected chi connectivity index (χ0v) is 20.9. The van der Waals surface area contributed by atoms with E-state index in [4.69, 9.17) is 21.1 Å². The Morgan fingerprint density at radius 1 is 1.27 bits per heavy atom. The summed E-state index contributed by atoms with van der Waals surface area (Å²) in [6.07, 6.45) is 0. The molecule has 0 spiro atoms. The van der Waals surface area contributed by atoms with Gasteiger partial charge in [-0.05, 0) is 67.0 Å². The molecule has 0 aliphatic rings. The van der Waals surface area contributed by atoms with Crippen LogP contribution in [0.1, 0.15) is 29.4 Å². The van der Waals surface area contributed by atoms with E-state index in [1.165, 1.54) is 19.2 Å². The number of nitrogens with one attached hydrogen (secondary N) is 1. The van der Waals surface area contributed by atoms with Gasteiger partial charge in [-0.15, -0.1) is 0 Å². The molecule has 0 saturated carbocycles. The molecule has 0 unspecified atom stereocenters. The summed E-state index contributed by atoms with van der Waals surface area (Å²) in [5.74, 6) is 0.117. The van der Waals surface area contributed by atoms with Crippen LogP contribution in [0.15, 0.2) is 46.0 Å². The van der Waals surface area contributed by atoms with Gasteiger partial charge in [0.2, 0.25) is 0 Å². The summed E-state index contributed by atoms with van der Waals surface area (Å²) in [6, 6.07) is 9.65. The van der Waals surface area contributed by atoms with Crippen molar-refractivity contribution in [3.63, 3.8) is 0 Å². The van der Waals surface area contributed by atoms with Crippen LogP contribution in [0.4, 0.5) is 4.39 Å². The molecule has 0 saturated heterocycles. The first-order chi connectivity index (χ1) is 15.7. The van der Waals surface area contributed by atoms with Crippen molar-refractivity contribution in [2.75, 3.05) is 7.11 Å². The molecule has 10 heteroatoms. The van der Waals surface area contributed by atoms with Gasteiger partial charge in [0.15, 0.2) is 11.5 Å². The SMILES string of the molecule is COc1cc(C(C)=NNC(=O)Cn2nc(C)c(Br)c2C)ccc1OCc1c(F)cccc1Cl. The summed E-state index contributed by atoms with van der Waals surface area (Å²) in [4.78, 5) is 12.3. The number of rotatable bonds is 8. The fourth-order valence-electron chi connectivity index (χ4n) is 3.04. The van der Waals surface area contributed by atoms with Crippen LogP contribution in [-0.4, -0.2) is 28.5 Å². The van der Waals surface area contributed by atoms with Crippen LogP contribution in [-0.2, 0) is 17.9 Å². The van der Waals surface area contributed by atoms with Crippen LogP contribution in [0, 0.1) is 19.7 Å². The summed E-state index contributed by atoms with van der Waals surface area (Å²) in [5.41, 5.74) is 5.77. The average molecular weight is 538 g/mol. The Hall–Kier alpha value is -2.91. The van der Waals surface area contributed by atoms with E-state index in [0.29, 0.717) is 17.2 Å². The quantitative estimate of drug-likeness (QED) is 0.317. The van der Waals surface area contributed by atoms with E-state index < -0.39 is 5.82 Å². The molecular formula is C23H23BrClFN4O3. The third-order valence-electron chi connectivity index (χ3n) is 4.95. The van der Waals surface area contributed by atoms with E-state index in [2.05, 4.69) is 31.6 Å². The average Bonchev–Trinajstić information content (AvgIpc) is 3.03. The Morgan fingerprint density at radius 2 is 2.03 bits per heavy atom. The van der Waals surface area contributed by atoms with Gasteiger partial charge in [-0.3, -0.25) is 9.48 Å². The van der Waals surface area contributed by atoms with Gasteiger partial charge in [-0.2, -0.15) is 10.2 Å². The third kappa shape index (κ3) is 5.91. The van der Waals surface area contributed by atoms with Gasteiger partial charge in [-0.25, -0.2) is 9.82 Å². The number of aromatic nitrogens is 2. The minimum atomic E-state index is -0.440. The number of aryl methyl sites for hydroxylation is 1. The molecule has 0 fully saturated rings. The number of halogens is 3. The standard InChI is InChI=1S/C23H23BrClFN4O3/c1-13(27-28-22(31)11-30-15(3)23(24)14(2)29-30)16-8-9-20(21(10-16)32-4)33-12-17-18(25)6-5-7-19(17)26/h5-10H,11-12H2,1-4H3,(H,28,31). The monoisotopic (exact) mass is 536 g/mol. The Bertz CT molecular complexity index is 1190. The molecule has 3 aromatic rings. The number of hydrogen-bond acceptors (Lipinski definition) is 5. The number of methoxy groups -OCH3 is 1. The minimum Gasteiger partial charge on any atom is -0.493 e. The second kappa shape index (κ2) is 10.8. The molecule has 7 nitrogen and oxygen atoms in total. The predicted octanol–water partition coefficient (Wildman–Crippen LogP) is 5.18. The van der Waals surface area contributed by atoms with Crippen LogP contribution in [0.25, 0.3) is 0 Å². The molecule has 1 aromatic heterocycles. The predicted molar refractivity (Wildman–Crippen MR) is 128 cm³/mol. The number of nitrogens with zero attached hydrogens (tertiary/aromatic N) is 3. The second-order valence-electron chi connectivity index (χ2n) is 7.23. The Balaban J connectivity index is 1.67. The number of carbonyl (C=O) groups is 1. The maximum Gasteiger partial charge on any atom is 0.261 e. The Morgan fingerprint density at radius 3 is 2.67 bits per heavy atom. The molecule has 174 valence electrons. The molecule has 0 radical (unpaired) electrons. The molecular weight excluding hydrogens is 515 g/mol. The molecule has 1 amide bonds. The van der Waals surface area contributed by atoms with Crippen molar-refractivity contribution in [2.45, 2.75) is 33.9 Å². The van der Waals surface area contributed by atoms with Crippen LogP contribution in [0.5, 0.6) is 11.5 Å². The van der Waals surface area contributed by atoms with E-state index in [1.807, 2.05) is 13.8 Å². The van der Waals surface area contributed by atoms with Gasteiger partial charge in [0.25, 0.3) is 5.91 Å². The molecule has 0 bridgehead atoms. The van der Waals surface area contributed by atoms with Crippen LogP contribution >= 0.6 is 27.5 Å². The van der Waals surface area contributed by atoms with Crippen molar-refractivity contribution >= 4 is 39.1 Å². The highest BCUT2D eigenvalue weighted by Gasteiger charge is 2.13. The van der Waals surface area contributed by atoms with Crippen molar-refractivity contribution in [3.8, 4) is 11.5 Å². The first-order valence-electron chi connectivity index (χ1n) is 9.98. The van der Waals surface area contributed by atoms with Crippen molar-refractivity contribution in [2.24, 2.45) is 5.10 Å². The van der Waals surface area contributed by atoms with E-state index in [-0.39, 0.29) is 29.6 Å². The van der Waals surface area contributed by atoms with Crippen molar-refractivity contribution < 1.29 is 18.7 Å². The Labute approximate surface area is 204 Å². The van der Waals surface area contributed by atoms with Gasteiger partial charge in [0.1, 0.15) is 19.0 Å². The number of ether oxygens (including phenoxy) is 2. The maximum atomic E-state index is 14.0. The van der Waals surface area contributed by atoms with Crippen LogP contribution in [0.3, 0.4) is 0 Å². The lowest BCUT2D eigenvalue weighted by Crippen LogP contribution is -2.25. The number of amides is 1. The van der Waals surface area contributed by atoms with Gasteiger partial charge in [0, 0.05) is 11.1 Å². The van der Waals surface area contributed by atoms with E-state index in [9.17, 15) is 9.18 Å². The van der Waals surface area contributed by atoms with Crippen molar-refractivity contribution in [1.29, 1.82) is 0 Å². The fourth-order valence-corrected chi connectivity index (χ4v) is 3.54. The molecule has 3 rings (SSSR count). The van der Waals surface area contributed by atoms with E-state index >= 15 is 0 Å². The molecule has 2 aromatic carbocycles. The second-order valence-corrected chi connectivity index (χ2v) is 8.43. The third-order valence-corrected chi connectivity index (χ3v) is 6.45. The van der Waals surface area contributed by atoms with Gasteiger partial charge >= 0.3 is 0 Å². The van der Waals surface area contributed by atoms with Crippen molar-refractivity contribution in [3.05, 3.63) is 74.2 Å². The zero-order chi connectivity index (χ0) is 24.1. The lowest BCUT2D eigenvalue weighted by Gasteiger charge is -2.13. The maximum absolute atomic E-state index is 14.0. The summed E-state index contributed by atoms with van der Waals surface area (Å²) in [5, 5.41) is 8.78. The van der Waals surface area contributed by atoms with Gasteiger partial charge in [-0.1, -0.05) is 17.7 Å². The first-order valence-corrected chi connectivity index (χ1v) is 11.1. The number of hydrogen-bond donors (Lipinski definition) is 1. The highest BCUT2D eigenvalue weighted by atomic mass is 79.9. The summed E-state index contributed by atoms with van der Waals surface area (Å²) >= 11 is 9.50. The molecule has 1 N–H and O–H groups in total. The van der Waals surface area contributed by atoms with E-state index in [1.54, 1.807) is 35.9 Å². The number of benzene rings is 2. The minimum absolute atomic E-state index is 0.0454. The molecule has 0 atom stereocenters. The molecule has 0 aliphatic carbocycles. The smallest absolute Gasteiger partial charge is 0.261 e. The number of hydrazone groups is 1. The normalized spacial score (nSPS) is 11.4. The highest BCUT2D eigenvalue weighted by Crippen LogP contribution is 2.30. The molecule has 33 heavy (non-hydrogen) atoms. The van der Waals surface area contributed by atoms with Gasteiger partial charge < -0.3 is 9.47 Å². The molecule has 0 aliphatic heterocycles.